The van der Waals surface area contributed by atoms with E-state index in [2.05, 4.69) is 4.98 Å². The third-order valence-electron chi connectivity index (χ3n) is 2.85. The predicted octanol–water partition coefficient (Wildman–Crippen LogP) is 2.92. The standard InChI is InChI=1S/C15H10FNO2/c16-11-7-5-10(6-8-11)9-14-17-13-4-2-1-3-12(13)15(18)19-14/h1-8H,9H2. The molecule has 3 aromatic rings. The number of halogens is 1. The highest BCUT2D eigenvalue weighted by Gasteiger charge is 2.06. The number of nitrogens with zero attached hydrogens (tertiary/aromatic N) is 1. The molecule has 94 valence electrons. The van der Waals surface area contributed by atoms with Gasteiger partial charge in [-0.15, -0.1) is 0 Å². The van der Waals surface area contributed by atoms with Crippen LogP contribution in [-0.4, -0.2) is 4.98 Å². The first-order valence-corrected chi connectivity index (χ1v) is 5.85. The van der Waals surface area contributed by atoms with Crippen LogP contribution in [0.4, 0.5) is 4.39 Å². The summed E-state index contributed by atoms with van der Waals surface area (Å²) in [5, 5.41) is 0.463. The molecule has 0 spiro atoms. The summed E-state index contributed by atoms with van der Waals surface area (Å²) in [4.78, 5) is 16.1. The van der Waals surface area contributed by atoms with Gasteiger partial charge in [-0.3, -0.25) is 0 Å². The molecule has 0 saturated heterocycles. The number of para-hydroxylation sites is 1. The number of hydrogen-bond acceptors (Lipinski definition) is 3. The highest BCUT2D eigenvalue weighted by atomic mass is 19.1. The molecule has 19 heavy (non-hydrogen) atoms. The molecule has 0 unspecified atom stereocenters. The minimum atomic E-state index is -0.400. The average Bonchev–Trinajstić information content (AvgIpc) is 2.42. The third kappa shape index (κ3) is 2.38. The van der Waals surface area contributed by atoms with Crippen molar-refractivity contribution in [2.24, 2.45) is 0 Å². The average molecular weight is 255 g/mol. The van der Waals surface area contributed by atoms with Crippen molar-refractivity contribution in [1.29, 1.82) is 0 Å². The predicted molar refractivity (Wildman–Crippen MR) is 69.5 cm³/mol. The largest absolute Gasteiger partial charge is 0.408 e. The molecule has 0 fully saturated rings. The van der Waals surface area contributed by atoms with Crippen LogP contribution in [0.1, 0.15) is 11.5 Å². The van der Waals surface area contributed by atoms with Crippen molar-refractivity contribution < 1.29 is 8.81 Å². The molecule has 3 nitrogen and oxygen atoms in total. The first kappa shape index (κ1) is 11.6. The molecule has 0 radical (unpaired) electrons. The lowest BCUT2D eigenvalue weighted by Gasteiger charge is -2.01. The Morgan fingerprint density at radius 1 is 1.05 bits per heavy atom. The van der Waals surface area contributed by atoms with Crippen LogP contribution in [-0.2, 0) is 6.42 Å². The van der Waals surface area contributed by atoms with Gasteiger partial charge in [0, 0.05) is 6.42 Å². The topological polar surface area (TPSA) is 43.1 Å². The maximum absolute atomic E-state index is 12.8. The molecule has 1 aromatic heterocycles. The number of fused-ring (bicyclic) bond motifs is 1. The van der Waals surface area contributed by atoms with Gasteiger partial charge in [-0.1, -0.05) is 24.3 Å². The van der Waals surface area contributed by atoms with E-state index in [0.29, 0.717) is 23.2 Å². The van der Waals surface area contributed by atoms with Crippen molar-refractivity contribution in [3.63, 3.8) is 0 Å². The summed E-state index contributed by atoms with van der Waals surface area (Å²) in [5.74, 6) is 0.0342. The first-order valence-electron chi connectivity index (χ1n) is 5.85. The van der Waals surface area contributed by atoms with Crippen LogP contribution in [0, 0.1) is 5.82 Å². The van der Waals surface area contributed by atoms with Crippen LogP contribution in [0.5, 0.6) is 0 Å². The van der Waals surface area contributed by atoms with Gasteiger partial charge in [-0.2, -0.15) is 0 Å². The van der Waals surface area contributed by atoms with E-state index in [1.54, 1.807) is 30.3 Å². The van der Waals surface area contributed by atoms with E-state index in [4.69, 9.17) is 4.42 Å². The molecule has 0 aliphatic rings. The molecule has 2 aromatic carbocycles. The van der Waals surface area contributed by atoms with Gasteiger partial charge in [-0.25, -0.2) is 14.2 Å². The van der Waals surface area contributed by atoms with Gasteiger partial charge in [0.15, 0.2) is 0 Å². The number of hydrogen-bond donors (Lipinski definition) is 0. The molecule has 0 aliphatic heterocycles. The Balaban J connectivity index is 2.01. The van der Waals surface area contributed by atoms with Gasteiger partial charge in [-0.05, 0) is 29.8 Å². The normalized spacial score (nSPS) is 10.8. The Hall–Kier alpha value is -2.49. The highest BCUT2D eigenvalue weighted by Crippen LogP contribution is 2.11. The molecule has 0 aliphatic carbocycles. The smallest absolute Gasteiger partial charge is 0.346 e. The molecule has 0 amide bonds. The Kier molecular flexibility index (Phi) is 2.83. The van der Waals surface area contributed by atoms with Crippen LogP contribution in [0.2, 0.25) is 0 Å². The van der Waals surface area contributed by atoms with E-state index in [-0.39, 0.29) is 5.82 Å². The summed E-state index contributed by atoms with van der Waals surface area (Å²) < 4.78 is 18.0. The van der Waals surface area contributed by atoms with E-state index >= 15 is 0 Å². The molecule has 1 heterocycles. The van der Waals surface area contributed by atoms with E-state index < -0.39 is 5.63 Å². The molecule has 0 saturated carbocycles. The summed E-state index contributed by atoms with van der Waals surface area (Å²) in [6.45, 7) is 0. The zero-order valence-electron chi connectivity index (χ0n) is 9.97. The van der Waals surface area contributed by atoms with Crippen LogP contribution in [0.3, 0.4) is 0 Å². The summed E-state index contributed by atoms with van der Waals surface area (Å²) in [5.41, 5.74) is 1.05. The zero-order valence-corrected chi connectivity index (χ0v) is 9.97. The Bertz CT molecular complexity index is 778. The molecule has 0 atom stereocenters. The molecular formula is C15H10FNO2. The quantitative estimate of drug-likeness (QED) is 0.707. The maximum Gasteiger partial charge on any atom is 0.346 e. The molecule has 0 N–H and O–H groups in total. The van der Waals surface area contributed by atoms with E-state index in [1.807, 2.05) is 6.07 Å². The second-order valence-electron chi connectivity index (χ2n) is 4.22. The van der Waals surface area contributed by atoms with Crippen LogP contribution < -0.4 is 5.63 Å². The van der Waals surface area contributed by atoms with Crippen molar-refractivity contribution in [3.8, 4) is 0 Å². The Morgan fingerprint density at radius 3 is 2.58 bits per heavy atom. The van der Waals surface area contributed by atoms with Gasteiger partial charge in [0.05, 0.1) is 10.9 Å². The lowest BCUT2D eigenvalue weighted by molar-refractivity contribution is 0.454. The third-order valence-corrected chi connectivity index (χ3v) is 2.85. The fourth-order valence-electron chi connectivity index (χ4n) is 1.92. The fraction of sp³-hybridized carbons (Fsp3) is 0.0667. The number of rotatable bonds is 2. The van der Waals surface area contributed by atoms with Crippen molar-refractivity contribution in [2.75, 3.05) is 0 Å². The van der Waals surface area contributed by atoms with Gasteiger partial charge in [0.25, 0.3) is 0 Å². The van der Waals surface area contributed by atoms with Crippen LogP contribution in [0.25, 0.3) is 10.9 Å². The van der Waals surface area contributed by atoms with E-state index in [1.165, 1.54) is 12.1 Å². The monoisotopic (exact) mass is 255 g/mol. The van der Waals surface area contributed by atoms with Gasteiger partial charge in [0.2, 0.25) is 5.89 Å². The van der Waals surface area contributed by atoms with Crippen LogP contribution in [0.15, 0.2) is 57.7 Å². The number of aromatic nitrogens is 1. The lowest BCUT2D eigenvalue weighted by Crippen LogP contribution is -2.05. The second kappa shape index (κ2) is 4.65. The van der Waals surface area contributed by atoms with Crippen molar-refractivity contribution in [1.82, 2.24) is 4.98 Å². The Morgan fingerprint density at radius 2 is 1.79 bits per heavy atom. The van der Waals surface area contributed by atoms with E-state index in [9.17, 15) is 9.18 Å². The summed E-state index contributed by atoms with van der Waals surface area (Å²) >= 11 is 0. The van der Waals surface area contributed by atoms with Crippen molar-refractivity contribution in [2.45, 2.75) is 6.42 Å². The summed E-state index contributed by atoms with van der Waals surface area (Å²) in [6, 6.07) is 13.1. The molecular weight excluding hydrogens is 245 g/mol. The second-order valence-corrected chi connectivity index (χ2v) is 4.22. The van der Waals surface area contributed by atoms with Gasteiger partial charge in [0.1, 0.15) is 5.82 Å². The minimum Gasteiger partial charge on any atom is -0.408 e. The molecule has 3 rings (SSSR count). The first-order chi connectivity index (χ1) is 9.22. The van der Waals surface area contributed by atoms with Crippen LogP contribution >= 0.6 is 0 Å². The zero-order chi connectivity index (χ0) is 13.2. The van der Waals surface area contributed by atoms with Crippen molar-refractivity contribution in [3.05, 3.63) is 76.2 Å². The summed E-state index contributed by atoms with van der Waals surface area (Å²) in [7, 11) is 0. The lowest BCUT2D eigenvalue weighted by atomic mass is 10.1. The minimum absolute atomic E-state index is 0.295. The highest BCUT2D eigenvalue weighted by molar-refractivity contribution is 5.76. The van der Waals surface area contributed by atoms with Gasteiger partial charge >= 0.3 is 5.63 Å². The molecule has 4 heteroatoms. The van der Waals surface area contributed by atoms with E-state index in [0.717, 1.165) is 5.56 Å². The summed E-state index contributed by atoms with van der Waals surface area (Å²) in [6.07, 6.45) is 0.361. The maximum atomic E-state index is 12.8. The Labute approximate surface area is 108 Å². The van der Waals surface area contributed by atoms with Gasteiger partial charge < -0.3 is 4.42 Å². The molecule has 0 bridgehead atoms. The SMILES string of the molecule is O=c1oc(Cc2ccc(F)cc2)nc2ccccc12. The fourth-order valence-corrected chi connectivity index (χ4v) is 1.92. The number of benzene rings is 2. The van der Waals surface area contributed by atoms with Crippen molar-refractivity contribution >= 4 is 10.9 Å².